The highest BCUT2D eigenvalue weighted by Crippen LogP contribution is 2.19. The van der Waals surface area contributed by atoms with Gasteiger partial charge in [-0.25, -0.2) is 9.78 Å². The molecule has 28 heavy (non-hydrogen) atoms. The molecule has 0 aliphatic rings. The summed E-state index contributed by atoms with van der Waals surface area (Å²) in [7, 11) is 0. The standard InChI is InChI=1S/C21H23N3O4/c1-21(2,3)17(25)11-15-10-16-18(23-15)22-12-24(19(16)26)9-8-13-4-6-14(7-5-13)20(27)28/h4-7,10,12,23H,8-9,11H2,1-3H3,(H,27,28). The third kappa shape index (κ3) is 4.19. The molecule has 0 aliphatic heterocycles. The molecule has 2 heterocycles. The fourth-order valence-electron chi connectivity index (χ4n) is 2.85. The zero-order valence-corrected chi connectivity index (χ0v) is 16.2. The second-order valence-corrected chi connectivity index (χ2v) is 7.90. The number of fused-ring (bicyclic) bond motifs is 1. The average molecular weight is 381 g/mol. The second kappa shape index (κ2) is 7.42. The first-order valence-electron chi connectivity index (χ1n) is 9.08. The van der Waals surface area contributed by atoms with Crippen molar-refractivity contribution < 1.29 is 14.7 Å². The molecular formula is C21H23N3O4. The van der Waals surface area contributed by atoms with Gasteiger partial charge in [-0.15, -0.1) is 0 Å². The molecule has 0 saturated heterocycles. The third-order valence-corrected chi connectivity index (χ3v) is 4.70. The Balaban J connectivity index is 1.77. The number of aromatic carboxylic acids is 1. The number of carboxylic acids is 1. The number of carbonyl (C=O) groups is 2. The van der Waals surface area contributed by atoms with Crippen LogP contribution < -0.4 is 5.56 Å². The molecule has 0 unspecified atom stereocenters. The average Bonchev–Trinajstić information content (AvgIpc) is 3.04. The number of hydrogen-bond donors (Lipinski definition) is 2. The molecule has 0 radical (unpaired) electrons. The van der Waals surface area contributed by atoms with Gasteiger partial charge in [0.25, 0.3) is 5.56 Å². The zero-order valence-electron chi connectivity index (χ0n) is 16.2. The summed E-state index contributed by atoms with van der Waals surface area (Å²) in [5.41, 5.74) is 1.71. The normalized spacial score (nSPS) is 11.7. The number of aromatic amines is 1. The fraction of sp³-hybridized carbons (Fsp3) is 0.333. The van der Waals surface area contributed by atoms with E-state index in [1.54, 1.807) is 30.3 Å². The van der Waals surface area contributed by atoms with E-state index >= 15 is 0 Å². The molecule has 146 valence electrons. The van der Waals surface area contributed by atoms with Crippen LogP contribution in [0, 0.1) is 5.41 Å². The Hall–Kier alpha value is -3.22. The first-order valence-corrected chi connectivity index (χ1v) is 9.08. The minimum Gasteiger partial charge on any atom is -0.478 e. The van der Waals surface area contributed by atoms with E-state index in [0.29, 0.717) is 29.7 Å². The van der Waals surface area contributed by atoms with E-state index in [4.69, 9.17) is 5.11 Å². The van der Waals surface area contributed by atoms with Crippen molar-refractivity contribution in [3.05, 3.63) is 63.8 Å². The topological polar surface area (TPSA) is 105 Å². The van der Waals surface area contributed by atoms with Crippen LogP contribution in [0.25, 0.3) is 11.0 Å². The molecule has 0 fully saturated rings. The van der Waals surface area contributed by atoms with Gasteiger partial charge in [0, 0.05) is 24.1 Å². The number of carboxylic acid groups (broad SMARTS) is 1. The number of hydrogen-bond acceptors (Lipinski definition) is 4. The van der Waals surface area contributed by atoms with E-state index in [9.17, 15) is 14.4 Å². The minimum atomic E-state index is -0.967. The number of carbonyl (C=O) groups excluding carboxylic acids is 1. The molecule has 0 bridgehead atoms. The molecule has 7 heteroatoms. The molecule has 0 atom stereocenters. The highest BCUT2D eigenvalue weighted by atomic mass is 16.4. The van der Waals surface area contributed by atoms with Crippen molar-refractivity contribution in [1.82, 2.24) is 14.5 Å². The van der Waals surface area contributed by atoms with Crippen LogP contribution in [0.2, 0.25) is 0 Å². The first-order chi connectivity index (χ1) is 13.1. The number of nitrogens with one attached hydrogen (secondary N) is 1. The van der Waals surface area contributed by atoms with E-state index in [0.717, 1.165) is 5.56 Å². The quantitative estimate of drug-likeness (QED) is 0.683. The van der Waals surface area contributed by atoms with Gasteiger partial charge >= 0.3 is 5.97 Å². The second-order valence-electron chi connectivity index (χ2n) is 7.90. The maximum absolute atomic E-state index is 12.7. The lowest BCUT2D eigenvalue weighted by atomic mass is 9.88. The molecule has 7 nitrogen and oxygen atoms in total. The molecule has 0 aliphatic carbocycles. The van der Waals surface area contributed by atoms with Crippen LogP contribution in [0.5, 0.6) is 0 Å². The monoisotopic (exact) mass is 381 g/mol. The number of aromatic nitrogens is 3. The summed E-state index contributed by atoms with van der Waals surface area (Å²) >= 11 is 0. The molecule has 0 amide bonds. The van der Waals surface area contributed by atoms with E-state index in [1.807, 2.05) is 20.8 Å². The summed E-state index contributed by atoms with van der Waals surface area (Å²) in [5, 5.41) is 9.40. The van der Waals surface area contributed by atoms with E-state index in [2.05, 4.69) is 9.97 Å². The Kier molecular flexibility index (Phi) is 5.18. The van der Waals surface area contributed by atoms with Gasteiger partial charge in [-0.05, 0) is 30.2 Å². The number of aryl methyl sites for hydroxylation is 2. The van der Waals surface area contributed by atoms with Crippen molar-refractivity contribution >= 4 is 22.8 Å². The van der Waals surface area contributed by atoms with Gasteiger partial charge < -0.3 is 10.1 Å². The Bertz CT molecular complexity index is 1090. The highest BCUT2D eigenvalue weighted by Gasteiger charge is 2.22. The molecule has 1 aromatic carbocycles. The van der Waals surface area contributed by atoms with Crippen LogP contribution in [-0.2, 0) is 24.2 Å². The van der Waals surface area contributed by atoms with Crippen LogP contribution in [0.4, 0.5) is 0 Å². The van der Waals surface area contributed by atoms with Gasteiger partial charge in [-0.3, -0.25) is 14.2 Å². The maximum Gasteiger partial charge on any atom is 0.335 e. The lowest BCUT2D eigenvalue weighted by Gasteiger charge is -2.15. The smallest absolute Gasteiger partial charge is 0.335 e. The fourth-order valence-corrected chi connectivity index (χ4v) is 2.85. The van der Waals surface area contributed by atoms with Crippen molar-refractivity contribution in [3.8, 4) is 0 Å². The van der Waals surface area contributed by atoms with Gasteiger partial charge in [-0.2, -0.15) is 0 Å². The van der Waals surface area contributed by atoms with Gasteiger partial charge in [0.2, 0.25) is 0 Å². The van der Waals surface area contributed by atoms with Crippen LogP contribution in [0.15, 0.2) is 41.5 Å². The summed E-state index contributed by atoms with van der Waals surface area (Å²) in [6.45, 7) is 6.03. The van der Waals surface area contributed by atoms with Crippen molar-refractivity contribution in [2.75, 3.05) is 0 Å². The Morgan fingerprint density at radius 3 is 2.46 bits per heavy atom. The Morgan fingerprint density at radius 2 is 1.86 bits per heavy atom. The SMILES string of the molecule is CC(C)(C)C(=O)Cc1cc2c(=O)n(CCc3ccc(C(=O)O)cc3)cnc2[nH]1. The van der Waals surface area contributed by atoms with Crippen LogP contribution in [-0.4, -0.2) is 31.4 Å². The van der Waals surface area contributed by atoms with E-state index < -0.39 is 11.4 Å². The van der Waals surface area contributed by atoms with Gasteiger partial charge in [-0.1, -0.05) is 32.9 Å². The molecule has 3 rings (SSSR count). The largest absolute Gasteiger partial charge is 0.478 e. The number of nitrogens with zero attached hydrogens (tertiary/aromatic N) is 2. The van der Waals surface area contributed by atoms with Gasteiger partial charge in [0.15, 0.2) is 0 Å². The van der Waals surface area contributed by atoms with E-state index in [-0.39, 0.29) is 23.3 Å². The summed E-state index contributed by atoms with van der Waals surface area (Å²) < 4.78 is 1.52. The number of rotatable bonds is 6. The van der Waals surface area contributed by atoms with Crippen molar-refractivity contribution in [1.29, 1.82) is 0 Å². The van der Waals surface area contributed by atoms with Crippen molar-refractivity contribution in [2.24, 2.45) is 5.41 Å². The minimum absolute atomic E-state index is 0.0872. The predicted octanol–water partition coefficient (Wildman–Crippen LogP) is 2.82. The number of H-pyrrole nitrogens is 1. The number of benzene rings is 1. The summed E-state index contributed by atoms with van der Waals surface area (Å²) in [6, 6.07) is 8.28. The van der Waals surface area contributed by atoms with Crippen LogP contribution >= 0.6 is 0 Å². The lowest BCUT2D eigenvalue weighted by Crippen LogP contribution is -2.22. The van der Waals surface area contributed by atoms with Crippen LogP contribution in [0.3, 0.4) is 0 Å². The number of Topliss-reactive ketones (excluding diaryl/α,β-unsaturated/α-hetero) is 1. The van der Waals surface area contributed by atoms with Crippen molar-refractivity contribution in [3.63, 3.8) is 0 Å². The van der Waals surface area contributed by atoms with E-state index in [1.165, 1.54) is 10.9 Å². The highest BCUT2D eigenvalue weighted by molar-refractivity contribution is 5.87. The van der Waals surface area contributed by atoms with Crippen molar-refractivity contribution in [2.45, 2.75) is 40.2 Å². The summed E-state index contributed by atoms with van der Waals surface area (Å²) in [5.74, 6) is -0.880. The molecule has 0 saturated carbocycles. The summed E-state index contributed by atoms with van der Waals surface area (Å²) in [6.07, 6.45) is 2.30. The Morgan fingerprint density at radius 1 is 1.18 bits per heavy atom. The molecule has 2 aromatic heterocycles. The van der Waals surface area contributed by atoms with Gasteiger partial charge in [0.1, 0.15) is 11.4 Å². The lowest BCUT2D eigenvalue weighted by molar-refractivity contribution is -0.125. The van der Waals surface area contributed by atoms with Crippen LogP contribution in [0.1, 0.15) is 42.4 Å². The molecular weight excluding hydrogens is 358 g/mol. The zero-order chi connectivity index (χ0) is 20.5. The molecule has 3 aromatic rings. The van der Waals surface area contributed by atoms with Gasteiger partial charge in [0.05, 0.1) is 17.3 Å². The third-order valence-electron chi connectivity index (χ3n) is 4.70. The molecule has 2 N–H and O–H groups in total. The number of ketones is 1. The Labute approximate surface area is 162 Å². The predicted molar refractivity (Wildman–Crippen MR) is 106 cm³/mol. The molecule has 0 spiro atoms. The maximum atomic E-state index is 12.7. The first kappa shape index (κ1) is 19.5. The summed E-state index contributed by atoms with van der Waals surface area (Å²) in [4.78, 5) is 43.2.